The fourth-order valence-electron chi connectivity index (χ4n) is 1.25. The molecule has 2 rings (SSSR count). The van der Waals surface area contributed by atoms with Gasteiger partial charge in [0.25, 0.3) is 0 Å². The summed E-state index contributed by atoms with van der Waals surface area (Å²) in [4.78, 5) is 26.9. The number of aliphatic carboxylic acids is 1. The predicted molar refractivity (Wildman–Crippen MR) is 43.6 cm³/mol. The summed E-state index contributed by atoms with van der Waals surface area (Å²) in [5, 5.41) is 16.9. The van der Waals surface area contributed by atoms with Crippen LogP contribution in [0.25, 0.3) is 0 Å². The van der Waals surface area contributed by atoms with Crippen molar-refractivity contribution in [2.45, 2.75) is 12.2 Å². The number of rotatable bonds is 1. The summed E-state index contributed by atoms with van der Waals surface area (Å²) in [6, 6.07) is -1.48. The maximum Gasteiger partial charge on any atom is 0.348 e. The van der Waals surface area contributed by atoms with Crippen LogP contribution in [0.2, 0.25) is 0 Å². The second-order valence-electron chi connectivity index (χ2n) is 2.88. The molecule has 2 amide bonds. The number of carboxylic acids is 1. The van der Waals surface area contributed by atoms with Gasteiger partial charge >= 0.3 is 12.0 Å². The van der Waals surface area contributed by atoms with E-state index in [1.807, 2.05) is 0 Å². The summed E-state index contributed by atoms with van der Waals surface area (Å²) >= 11 is 0. The first kappa shape index (κ1) is 8.60. The van der Waals surface area contributed by atoms with Crippen LogP contribution in [-0.4, -0.2) is 52.6 Å². The molecule has 0 saturated heterocycles. The number of urea groups is 1. The van der Waals surface area contributed by atoms with Gasteiger partial charge in [0.1, 0.15) is 0 Å². The van der Waals surface area contributed by atoms with Crippen LogP contribution in [0.1, 0.15) is 0 Å². The topological polar surface area (TPSA) is 97.9 Å². The van der Waals surface area contributed by atoms with Gasteiger partial charge in [-0.15, -0.1) is 5.11 Å². The van der Waals surface area contributed by atoms with Crippen LogP contribution in [0.3, 0.4) is 0 Å². The highest BCUT2D eigenvalue weighted by atomic mass is 16.4. The van der Waals surface area contributed by atoms with Gasteiger partial charge in [-0.2, -0.15) is 5.01 Å². The van der Waals surface area contributed by atoms with Crippen molar-refractivity contribution in [1.82, 2.24) is 9.91 Å². The molecule has 0 aromatic heterocycles. The van der Waals surface area contributed by atoms with Crippen LogP contribution >= 0.6 is 0 Å². The molecular formula is C6H7N5O3. The van der Waals surface area contributed by atoms with E-state index in [1.54, 1.807) is 0 Å². The first-order valence-electron chi connectivity index (χ1n) is 3.84. The molecule has 0 fully saturated rings. The zero-order valence-corrected chi connectivity index (χ0v) is 7.23. The molecule has 0 aromatic carbocycles. The van der Waals surface area contributed by atoms with E-state index in [-0.39, 0.29) is 0 Å². The number of hydrogen-bond donors (Lipinski definition) is 1. The van der Waals surface area contributed by atoms with Gasteiger partial charge in [-0.1, -0.05) is 5.22 Å². The van der Waals surface area contributed by atoms with E-state index in [4.69, 9.17) is 5.11 Å². The molecule has 0 bridgehead atoms. The zero-order chi connectivity index (χ0) is 10.3. The van der Waals surface area contributed by atoms with E-state index in [0.717, 1.165) is 9.91 Å². The van der Waals surface area contributed by atoms with Crippen molar-refractivity contribution < 1.29 is 14.7 Å². The van der Waals surface area contributed by atoms with Crippen molar-refractivity contribution in [2.24, 2.45) is 15.3 Å². The zero-order valence-electron chi connectivity index (χ0n) is 7.23. The molecule has 0 saturated carbocycles. The smallest absolute Gasteiger partial charge is 0.348 e. The summed E-state index contributed by atoms with van der Waals surface area (Å²) in [6.07, 6.45) is 0.344. The number of aliphatic imine (C=N–C) groups is 1. The first-order valence-corrected chi connectivity index (χ1v) is 3.84. The summed E-state index contributed by atoms with van der Waals surface area (Å²) in [5.41, 5.74) is 0. The Kier molecular flexibility index (Phi) is 1.69. The molecule has 2 unspecified atom stereocenters. The number of carbonyl (C=O) groups excluding carboxylic acids is 1. The third kappa shape index (κ3) is 1.04. The Morgan fingerprint density at radius 1 is 1.64 bits per heavy atom. The molecule has 2 aliphatic rings. The van der Waals surface area contributed by atoms with Gasteiger partial charge in [0.15, 0.2) is 12.2 Å². The standard InChI is InChI=1S/C6H7N5O3/c1-10-6(14)11-2-7-3(5(12)13)4(11)8-9-10/h2-4H,1H3,(H,12,13). The second-order valence-corrected chi connectivity index (χ2v) is 2.88. The molecular weight excluding hydrogens is 190 g/mol. The Balaban J connectivity index is 2.30. The molecule has 8 nitrogen and oxygen atoms in total. The van der Waals surface area contributed by atoms with Gasteiger partial charge in [-0.05, 0) is 0 Å². The van der Waals surface area contributed by atoms with Crippen LogP contribution in [0.4, 0.5) is 4.79 Å². The normalized spacial score (nSPS) is 29.6. The number of hydrogen-bond acceptors (Lipinski definition) is 5. The molecule has 1 N–H and O–H groups in total. The van der Waals surface area contributed by atoms with E-state index in [9.17, 15) is 9.59 Å². The Morgan fingerprint density at radius 3 is 3.00 bits per heavy atom. The highest BCUT2D eigenvalue weighted by molar-refractivity contribution is 5.91. The van der Waals surface area contributed by atoms with Gasteiger partial charge in [0.2, 0.25) is 0 Å². The minimum Gasteiger partial charge on any atom is -0.480 e. The molecule has 2 aliphatic heterocycles. The number of nitrogens with zero attached hydrogens (tertiary/aromatic N) is 5. The molecule has 2 atom stereocenters. The SMILES string of the molecule is CN1N=NC2C(C(=O)O)N=CN2C1=O. The first-order chi connectivity index (χ1) is 6.61. The van der Waals surface area contributed by atoms with Gasteiger partial charge in [0, 0.05) is 7.05 Å². The van der Waals surface area contributed by atoms with E-state index >= 15 is 0 Å². The van der Waals surface area contributed by atoms with E-state index in [0.29, 0.717) is 0 Å². The van der Waals surface area contributed by atoms with Crippen molar-refractivity contribution in [3.63, 3.8) is 0 Å². The van der Waals surface area contributed by atoms with Gasteiger partial charge < -0.3 is 5.11 Å². The number of amides is 2. The van der Waals surface area contributed by atoms with Crippen molar-refractivity contribution >= 4 is 18.3 Å². The monoisotopic (exact) mass is 197 g/mol. The van der Waals surface area contributed by atoms with Crippen molar-refractivity contribution in [1.29, 1.82) is 0 Å². The molecule has 0 spiro atoms. The largest absolute Gasteiger partial charge is 0.480 e. The summed E-state index contributed by atoms with van der Waals surface area (Å²) in [6.45, 7) is 0. The summed E-state index contributed by atoms with van der Waals surface area (Å²) < 4.78 is 0. The Hall–Kier alpha value is -1.99. The lowest BCUT2D eigenvalue weighted by Gasteiger charge is -2.26. The molecule has 0 aromatic rings. The Bertz CT molecular complexity index is 351. The average molecular weight is 197 g/mol. The number of carboxylic acid groups (broad SMARTS) is 1. The lowest BCUT2D eigenvalue weighted by molar-refractivity contribution is -0.139. The molecule has 2 heterocycles. The number of carbonyl (C=O) groups is 2. The van der Waals surface area contributed by atoms with Crippen LogP contribution in [0, 0.1) is 0 Å². The fourth-order valence-corrected chi connectivity index (χ4v) is 1.25. The lowest BCUT2D eigenvalue weighted by atomic mass is 10.2. The molecule has 74 valence electrons. The minimum absolute atomic E-state index is 0.433. The molecule has 0 aliphatic carbocycles. The molecule has 8 heteroatoms. The number of fused-ring (bicyclic) bond motifs is 1. The third-order valence-corrected chi connectivity index (χ3v) is 1.97. The van der Waals surface area contributed by atoms with Crippen molar-refractivity contribution in [3.8, 4) is 0 Å². The lowest BCUT2D eigenvalue weighted by Crippen LogP contribution is -2.48. The van der Waals surface area contributed by atoms with E-state index in [1.165, 1.54) is 13.4 Å². The van der Waals surface area contributed by atoms with Crippen LogP contribution < -0.4 is 0 Å². The van der Waals surface area contributed by atoms with Crippen molar-refractivity contribution in [3.05, 3.63) is 0 Å². The Labute approximate surface area is 78.5 Å². The van der Waals surface area contributed by atoms with Gasteiger partial charge in [-0.3, -0.25) is 9.89 Å². The van der Waals surface area contributed by atoms with Crippen LogP contribution in [-0.2, 0) is 4.79 Å². The second kappa shape index (κ2) is 2.76. The van der Waals surface area contributed by atoms with E-state index in [2.05, 4.69) is 15.3 Å². The maximum atomic E-state index is 11.4. The maximum absolute atomic E-state index is 11.4. The quantitative estimate of drug-likeness (QED) is 0.615. The minimum atomic E-state index is -1.12. The molecule has 0 radical (unpaired) electrons. The molecule has 14 heavy (non-hydrogen) atoms. The highest BCUT2D eigenvalue weighted by Gasteiger charge is 2.42. The predicted octanol–water partition coefficient (Wildman–Crippen LogP) is -0.458. The average Bonchev–Trinajstić information content (AvgIpc) is 2.55. The van der Waals surface area contributed by atoms with Crippen LogP contribution in [0.15, 0.2) is 15.3 Å². The third-order valence-electron chi connectivity index (χ3n) is 1.97. The summed E-state index contributed by atoms with van der Waals surface area (Å²) in [5.74, 6) is -1.12. The van der Waals surface area contributed by atoms with Crippen molar-refractivity contribution in [2.75, 3.05) is 7.05 Å². The van der Waals surface area contributed by atoms with Gasteiger partial charge in [0.05, 0.1) is 6.34 Å². The van der Waals surface area contributed by atoms with Gasteiger partial charge in [-0.25, -0.2) is 9.59 Å². The fraction of sp³-hybridized carbons (Fsp3) is 0.500. The Morgan fingerprint density at radius 2 is 2.36 bits per heavy atom. The van der Waals surface area contributed by atoms with E-state index < -0.39 is 24.2 Å². The highest BCUT2D eigenvalue weighted by Crippen LogP contribution is 2.21. The van der Waals surface area contributed by atoms with Crippen LogP contribution in [0.5, 0.6) is 0 Å². The summed E-state index contributed by atoms with van der Waals surface area (Å²) in [7, 11) is 1.43.